The molecule has 0 fully saturated rings. The highest BCUT2D eigenvalue weighted by Gasteiger charge is 2.13. The molecule has 27 heavy (non-hydrogen) atoms. The molecule has 4 aromatic rings. The van der Waals surface area contributed by atoms with Gasteiger partial charge in [-0.2, -0.15) is 4.68 Å². The average Bonchev–Trinajstić information content (AvgIpc) is 3.07. The highest BCUT2D eigenvalue weighted by Crippen LogP contribution is 2.28. The lowest BCUT2D eigenvalue weighted by Gasteiger charge is -2.08. The average molecular weight is 380 g/mol. The van der Waals surface area contributed by atoms with Crippen LogP contribution in [0.15, 0.2) is 56.8 Å². The molecular formula is C19H16N4O3S. The Labute approximate surface area is 158 Å². The van der Waals surface area contributed by atoms with Crippen LogP contribution in [0.1, 0.15) is 16.7 Å². The minimum atomic E-state index is -0.461. The molecule has 0 radical (unpaired) electrons. The van der Waals surface area contributed by atoms with E-state index in [-0.39, 0.29) is 5.75 Å². The molecule has 0 saturated carbocycles. The molecule has 8 heteroatoms. The van der Waals surface area contributed by atoms with Crippen molar-refractivity contribution in [2.45, 2.75) is 24.8 Å². The van der Waals surface area contributed by atoms with Gasteiger partial charge in [0.1, 0.15) is 11.3 Å². The van der Waals surface area contributed by atoms with E-state index in [4.69, 9.17) is 4.42 Å². The first-order chi connectivity index (χ1) is 13.0. The summed E-state index contributed by atoms with van der Waals surface area (Å²) in [4.78, 5) is 11.8. The predicted octanol–water partition coefficient (Wildman–Crippen LogP) is 3.38. The third-order valence-corrected chi connectivity index (χ3v) is 5.03. The Hall–Kier alpha value is -3.13. The van der Waals surface area contributed by atoms with E-state index in [0.717, 1.165) is 27.8 Å². The lowest BCUT2D eigenvalue weighted by molar-refractivity contribution is 0.473. The lowest BCUT2D eigenvalue weighted by Crippen LogP contribution is -2.02. The highest BCUT2D eigenvalue weighted by molar-refractivity contribution is 7.98. The van der Waals surface area contributed by atoms with Crippen molar-refractivity contribution < 1.29 is 9.52 Å². The van der Waals surface area contributed by atoms with Crippen LogP contribution in [0.25, 0.3) is 16.7 Å². The van der Waals surface area contributed by atoms with Crippen LogP contribution >= 0.6 is 11.8 Å². The Balaban J connectivity index is 1.67. The van der Waals surface area contributed by atoms with Gasteiger partial charge in [-0.15, -0.1) is 5.10 Å². The number of thioether (sulfide) groups is 1. The second-order valence-electron chi connectivity index (χ2n) is 6.28. The topological polar surface area (TPSA) is 94.0 Å². The summed E-state index contributed by atoms with van der Waals surface area (Å²) >= 11 is 1.42. The van der Waals surface area contributed by atoms with Gasteiger partial charge in [0.05, 0.1) is 5.69 Å². The van der Waals surface area contributed by atoms with Gasteiger partial charge in [0, 0.05) is 23.3 Å². The number of phenols is 1. The molecule has 136 valence electrons. The summed E-state index contributed by atoms with van der Waals surface area (Å²) < 4.78 is 6.85. The van der Waals surface area contributed by atoms with Crippen LogP contribution in [-0.2, 0) is 5.75 Å². The van der Waals surface area contributed by atoms with Gasteiger partial charge in [-0.05, 0) is 65.2 Å². The van der Waals surface area contributed by atoms with Crippen molar-refractivity contribution in [2.24, 2.45) is 0 Å². The first-order valence-electron chi connectivity index (χ1n) is 8.25. The summed E-state index contributed by atoms with van der Waals surface area (Å²) in [6.07, 6.45) is 0. The predicted molar refractivity (Wildman–Crippen MR) is 102 cm³/mol. The summed E-state index contributed by atoms with van der Waals surface area (Å²) in [6, 6.07) is 12.3. The number of nitrogens with zero attached hydrogens (tertiary/aromatic N) is 4. The largest absolute Gasteiger partial charge is 0.508 e. The molecule has 4 rings (SSSR count). The fourth-order valence-electron chi connectivity index (χ4n) is 2.98. The number of benzene rings is 2. The minimum absolute atomic E-state index is 0.0502. The Morgan fingerprint density at radius 3 is 2.67 bits per heavy atom. The van der Waals surface area contributed by atoms with Gasteiger partial charge < -0.3 is 9.52 Å². The third-order valence-electron chi connectivity index (χ3n) is 4.06. The minimum Gasteiger partial charge on any atom is -0.508 e. The zero-order valence-corrected chi connectivity index (χ0v) is 15.5. The van der Waals surface area contributed by atoms with Crippen LogP contribution in [0.4, 0.5) is 0 Å². The maximum atomic E-state index is 11.8. The molecule has 0 atom stereocenters. The Morgan fingerprint density at radius 1 is 1.11 bits per heavy atom. The van der Waals surface area contributed by atoms with Gasteiger partial charge in [-0.3, -0.25) is 0 Å². The molecule has 0 spiro atoms. The number of aryl methyl sites for hydroxylation is 2. The fraction of sp³-hybridized carbons (Fsp3) is 0.158. The smallest absolute Gasteiger partial charge is 0.336 e. The van der Waals surface area contributed by atoms with E-state index in [1.165, 1.54) is 23.9 Å². The normalized spacial score (nSPS) is 11.2. The second kappa shape index (κ2) is 6.88. The van der Waals surface area contributed by atoms with Crippen molar-refractivity contribution in [1.29, 1.82) is 0 Å². The molecule has 1 N–H and O–H groups in total. The number of hydrogen-bond acceptors (Lipinski definition) is 7. The van der Waals surface area contributed by atoms with Gasteiger partial charge in [0.25, 0.3) is 0 Å². The Bertz CT molecular complexity index is 1180. The lowest BCUT2D eigenvalue weighted by atomic mass is 10.1. The van der Waals surface area contributed by atoms with Crippen LogP contribution in [0.2, 0.25) is 0 Å². The van der Waals surface area contributed by atoms with Crippen LogP contribution < -0.4 is 5.63 Å². The zero-order valence-electron chi connectivity index (χ0n) is 14.7. The second-order valence-corrected chi connectivity index (χ2v) is 7.22. The molecule has 2 aromatic carbocycles. The monoisotopic (exact) mass is 380 g/mol. The van der Waals surface area contributed by atoms with Crippen LogP contribution in [0.5, 0.6) is 5.75 Å². The number of fused-ring (bicyclic) bond motifs is 1. The molecule has 0 aliphatic heterocycles. The number of tetrazole rings is 1. The Morgan fingerprint density at radius 2 is 1.89 bits per heavy atom. The number of aromatic nitrogens is 4. The number of rotatable bonds is 4. The molecule has 0 amide bonds. The van der Waals surface area contributed by atoms with Gasteiger partial charge in [-0.25, -0.2) is 4.79 Å². The number of phenolic OH excluding ortho intramolecular Hbond substituents is 1. The van der Waals surface area contributed by atoms with Crippen molar-refractivity contribution in [3.8, 4) is 11.4 Å². The van der Waals surface area contributed by atoms with Crippen molar-refractivity contribution in [1.82, 2.24) is 20.2 Å². The van der Waals surface area contributed by atoms with Gasteiger partial charge in [0.15, 0.2) is 0 Å². The fourth-order valence-corrected chi connectivity index (χ4v) is 3.87. The summed E-state index contributed by atoms with van der Waals surface area (Å²) in [5, 5.41) is 23.0. The first-order valence-corrected chi connectivity index (χ1v) is 9.24. The SMILES string of the molecule is Cc1cc(C)cc(-n2nnnc2SCc2cc(=O)oc3cc(O)ccc23)c1. The molecule has 2 aromatic heterocycles. The maximum absolute atomic E-state index is 11.8. The van der Waals surface area contributed by atoms with E-state index in [9.17, 15) is 9.90 Å². The molecule has 0 saturated heterocycles. The van der Waals surface area contributed by atoms with Crippen molar-refractivity contribution >= 4 is 22.7 Å². The summed E-state index contributed by atoms with van der Waals surface area (Å²) in [5.41, 5.74) is 3.83. The molecule has 0 aliphatic rings. The van der Waals surface area contributed by atoms with Crippen LogP contribution in [0.3, 0.4) is 0 Å². The van der Waals surface area contributed by atoms with E-state index in [1.54, 1.807) is 16.8 Å². The summed E-state index contributed by atoms with van der Waals surface area (Å²) in [5.74, 6) is 0.534. The van der Waals surface area contributed by atoms with Crippen molar-refractivity contribution in [3.05, 3.63) is 69.6 Å². The van der Waals surface area contributed by atoms with E-state index >= 15 is 0 Å². The van der Waals surface area contributed by atoms with Gasteiger partial charge in [-0.1, -0.05) is 17.8 Å². The summed E-state index contributed by atoms with van der Waals surface area (Å²) in [6.45, 7) is 4.05. The third kappa shape index (κ3) is 3.56. The van der Waals surface area contributed by atoms with E-state index in [0.29, 0.717) is 16.5 Å². The summed E-state index contributed by atoms with van der Waals surface area (Å²) in [7, 11) is 0. The van der Waals surface area contributed by atoms with Crippen molar-refractivity contribution in [3.63, 3.8) is 0 Å². The van der Waals surface area contributed by atoms with E-state index < -0.39 is 5.63 Å². The van der Waals surface area contributed by atoms with Crippen molar-refractivity contribution in [2.75, 3.05) is 0 Å². The van der Waals surface area contributed by atoms with E-state index in [1.807, 2.05) is 26.0 Å². The molecule has 2 heterocycles. The molecular weight excluding hydrogens is 364 g/mol. The standard InChI is InChI=1S/C19H16N4O3S/c1-11-5-12(2)7-14(6-11)23-19(20-21-22-23)27-10-13-8-18(25)26-17-9-15(24)3-4-16(13)17/h3-9,24H,10H2,1-2H3. The highest BCUT2D eigenvalue weighted by atomic mass is 32.2. The quantitative estimate of drug-likeness (QED) is 0.428. The van der Waals surface area contributed by atoms with Gasteiger partial charge >= 0.3 is 5.63 Å². The number of aromatic hydroxyl groups is 1. The zero-order chi connectivity index (χ0) is 19.0. The van der Waals surface area contributed by atoms with Crippen LogP contribution in [0, 0.1) is 13.8 Å². The molecule has 0 aliphatic carbocycles. The number of hydrogen-bond donors (Lipinski definition) is 1. The Kier molecular flexibility index (Phi) is 4.41. The van der Waals surface area contributed by atoms with E-state index in [2.05, 4.69) is 21.6 Å². The first kappa shape index (κ1) is 17.3. The molecule has 7 nitrogen and oxygen atoms in total. The van der Waals surface area contributed by atoms with Crippen LogP contribution in [-0.4, -0.2) is 25.3 Å². The molecule has 0 unspecified atom stereocenters. The maximum Gasteiger partial charge on any atom is 0.336 e. The van der Waals surface area contributed by atoms with Gasteiger partial charge in [0.2, 0.25) is 5.16 Å². The molecule has 0 bridgehead atoms.